The Balaban J connectivity index is 1.35. The maximum absolute atomic E-state index is 9.59. The Kier molecular flexibility index (Phi) is 6.63. The van der Waals surface area contributed by atoms with E-state index in [-0.39, 0.29) is 18.3 Å². The monoisotopic (exact) mass is 499 g/mol. The number of rotatable bonds is 7. The van der Waals surface area contributed by atoms with Crippen LogP contribution in [0.3, 0.4) is 0 Å². The first-order valence-electron chi connectivity index (χ1n) is 11.7. The van der Waals surface area contributed by atoms with Crippen molar-refractivity contribution < 1.29 is 5.11 Å². The smallest absolute Gasteiger partial charge is 0.190 e. The quantitative estimate of drug-likeness (QED) is 0.528. The minimum Gasteiger partial charge on any atom is -0.396 e. The molecule has 2 aromatic heterocycles. The van der Waals surface area contributed by atoms with Crippen molar-refractivity contribution in [1.82, 2.24) is 24.6 Å². The van der Waals surface area contributed by atoms with Crippen molar-refractivity contribution in [2.75, 3.05) is 44.2 Å². The zero-order chi connectivity index (χ0) is 23.8. The van der Waals surface area contributed by atoms with Crippen molar-refractivity contribution in [2.24, 2.45) is 11.8 Å². The number of fused-ring (bicyclic) bond motifs is 1. The second-order valence-corrected chi connectivity index (χ2v) is 10.1. The molecule has 1 aromatic carbocycles. The molecule has 8 nitrogen and oxygen atoms in total. The van der Waals surface area contributed by atoms with Crippen LogP contribution in [0.5, 0.6) is 0 Å². The van der Waals surface area contributed by atoms with Crippen LogP contribution < -0.4 is 4.90 Å². The number of hydrogen-bond donors (Lipinski definition) is 1. The number of nitrogens with zero attached hydrogens (tertiary/aromatic N) is 7. The van der Waals surface area contributed by atoms with Crippen LogP contribution >= 0.6 is 23.2 Å². The summed E-state index contributed by atoms with van der Waals surface area (Å²) in [5.41, 5.74) is 2.17. The lowest BCUT2D eigenvalue weighted by molar-refractivity contribution is 0.226. The van der Waals surface area contributed by atoms with Gasteiger partial charge in [-0.2, -0.15) is 10.4 Å². The molecule has 2 atom stereocenters. The Labute approximate surface area is 208 Å². The van der Waals surface area contributed by atoms with Crippen molar-refractivity contribution in [3.8, 4) is 6.07 Å². The average molecular weight is 500 g/mol. The predicted molar refractivity (Wildman–Crippen MR) is 132 cm³/mol. The van der Waals surface area contributed by atoms with E-state index in [1.165, 1.54) is 6.42 Å². The van der Waals surface area contributed by atoms with Gasteiger partial charge < -0.3 is 14.9 Å². The van der Waals surface area contributed by atoms with Crippen LogP contribution in [0.15, 0.2) is 24.4 Å². The number of aliphatic hydroxyl groups is 1. The van der Waals surface area contributed by atoms with Gasteiger partial charge in [-0.3, -0.25) is 0 Å². The molecule has 2 saturated heterocycles. The van der Waals surface area contributed by atoms with Gasteiger partial charge in [0, 0.05) is 42.8 Å². The van der Waals surface area contributed by atoms with Crippen molar-refractivity contribution in [2.45, 2.75) is 25.8 Å². The number of likely N-dealkylation sites (tertiary alicyclic amines) is 1. The Morgan fingerprint density at radius 1 is 1.24 bits per heavy atom. The van der Waals surface area contributed by atoms with E-state index in [2.05, 4.69) is 26.0 Å². The number of aliphatic hydroxyl groups excluding tert-OH is 1. The maximum Gasteiger partial charge on any atom is 0.190 e. The number of hydrogen-bond acceptors (Lipinski definition) is 7. The molecular formula is C24H27Cl2N7O. The van der Waals surface area contributed by atoms with E-state index >= 15 is 0 Å². The predicted octanol–water partition coefficient (Wildman–Crippen LogP) is 3.75. The lowest BCUT2D eigenvalue weighted by atomic mass is 9.85. The van der Waals surface area contributed by atoms with E-state index in [9.17, 15) is 5.26 Å². The fourth-order valence-electron chi connectivity index (χ4n) is 5.11. The second kappa shape index (κ2) is 9.67. The molecule has 178 valence electrons. The van der Waals surface area contributed by atoms with Gasteiger partial charge in [0.2, 0.25) is 0 Å². The van der Waals surface area contributed by atoms with E-state index < -0.39 is 0 Å². The standard InChI is InChI=1S/C24H27Cl2N7O/c1-15(19-4-3-18(25)9-20(19)26)33-24-23(21(10-27)30-33)28-11-22(29-24)32-13-17(14-32)16-5-7-31(12-16)6-2-8-34/h3-4,9,11,15-17,34H,2,5-8,12-14H2,1H3/t15?,16-/m1/s1. The molecular weight excluding hydrogens is 473 g/mol. The molecule has 0 amide bonds. The molecule has 34 heavy (non-hydrogen) atoms. The molecule has 4 heterocycles. The van der Waals surface area contributed by atoms with Gasteiger partial charge in [-0.15, -0.1) is 0 Å². The number of anilines is 1. The number of halogens is 2. The van der Waals surface area contributed by atoms with Crippen LogP contribution in [-0.4, -0.2) is 69.1 Å². The first-order valence-corrected chi connectivity index (χ1v) is 12.4. The fourth-order valence-corrected chi connectivity index (χ4v) is 5.68. The summed E-state index contributed by atoms with van der Waals surface area (Å²) in [6.07, 6.45) is 3.80. The lowest BCUT2D eigenvalue weighted by Crippen LogP contribution is -2.51. The Bertz CT molecular complexity index is 1230. The minimum atomic E-state index is -0.244. The third kappa shape index (κ3) is 4.34. The van der Waals surface area contributed by atoms with Crippen molar-refractivity contribution in [3.63, 3.8) is 0 Å². The van der Waals surface area contributed by atoms with Crippen LogP contribution in [0.2, 0.25) is 10.0 Å². The van der Waals surface area contributed by atoms with Crippen molar-refractivity contribution in [3.05, 3.63) is 45.7 Å². The molecule has 2 fully saturated rings. The van der Waals surface area contributed by atoms with Gasteiger partial charge in [-0.1, -0.05) is 29.3 Å². The molecule has 0 aliphatic carbocycles. The van der Waals surface area contributed by atoms with E-state index in [0.29, 0.717) is 33.0 Å². The van der Waals surface area contributed by atoms with Crippen LogP contribution in [-0.2, 0) is 0 Å². The Morgan fingerprint density at radius 3 is 2.79 bits per heavy atom. The Morgan fingerprint density at radius 2 is 2.06 bits per heavy atom. The molecule has 5 rings (SSSR count). The van der Waals surface area contributed by atoms with Gasteiger partial charge in [0.15, 0.2) is 11.3 Å². The minimum absolute atomic E-state index is 0.244. The van der Waals surface area contributed by atoms with Gasteiger partial charge in [0.05, 0.1) is 12.2 Å². The first-order chi connectivity index (χ1) is 16.5. The zero-order valence-electron chi connectivity index (χ0n) is 19.0. The molecule has 0 bridgehead atoms. The lowest BCUT2D eigenvalue weighted by Gasteiger charge is -2.43. The van der Waals surface area contributed by atoms with E-state index in [4.69, 9.17) is 33.3 Å². The van der Waals surface area contributed by atoms with Crippen LogP contribution in [0.1, 0.15) is 37.1 Å². The van der Waals surface area contributed by atoms with Gasteiger partial charge >= 0.3 is 0 Å². The summed E-state index contributed by atoms with van der Waals surface area (Å²) in [7, 11) is 0. The van der Waals surface area contributed by atoms with Crippen LogP contribution in [0, 0.1) is 23.2 Å². The maximum atomic E-state index is 9.59. The van der Waals surface area contributed by atoms with Gasteiger partial charge in [-0.25, -0.2) is 14.6 Å². The van der Waals surface area contributed by atoms with Gasteiger partial charge in [0.25, 0.3) is 0 Å². The summed E-state index contributed by atoms with van der Waals surface area (Å²) in [5, 5.41) is 24.3. The van der Waals surface area contributed by atoms with Crippen molar-refractivity contribution in [1.29, 1.82) is 5.26 Å². The molecule has 0 saturated carbocycles. The van der Waals surface area contributed by atoms with Gasteiger partial charge in [0.1, 0.15) is 17.4 Å². The normalized spacial score (nSPS) is 20.0. The third-order valence-corrected chi connectivity index (χ3v) is 7.68. The Hall–Kier alpha value is -2.44. The summed E-state index contributed by atoms with van der Waals surface area (Å²) in [6.45, 7) is 7.35. The van der Waals surface area contributed by atoms with Crippen molar-refractivity contribution >= 4 is 40.2 Å². The molecule has 2 aliphatic rings. The molecule has 3 aromatic rings. The highest BCUT2D eigenvalue weighted by Crippen LogP contribution is 2.35. The van der Waals surface area contributed by atoms with E-state index in [1.54, 1.807) is 23.0 Å². The highest BCUT2D eigenvalue weighted by atomic mass is 35.5. The van der Waals surface area contributed by atoms with E-state index in [1.807, 2.05) is 13.0 Å². The molecule has 1 unspecified atom stereocenters. The zero-order valence-corrected chi connectivity index (χ0v) is 20.5. The molecule has 2 aliphatic heterocycles. The fraction of sp³-hybridized carbons (Fsp3) is 0.500. The summed E-state index contributed by atoms with van der Waals surface area (Å²) in [5.74, 6) is 2.14. The largest absolute Gasteiger partial charge is 0.396 e. The highest BCUT2D eigenvalue weighted by Gasteiger charge is 2.38. The molecule has 10 heteroatoms. The SMILES string of the molecule is CC(c1ccc(Cl)cc1Cl)n1nc(C#N)c2ncc(N3CC([C@@H]4CCN(CCCO)C4)C3)nc21. The first kappa shape index (κ1) is 23.3. The van der Waals surface area contributed by atoms with E-state index in [0.717, 1.165) is 50.5 Å². The second-order valence-electron chi connectivity index (χ2n) is 9.24. The topological polar surface area (TPSA) is 94.1 Å². The summed E-state index contributed by atoms with van der Waals surface area (Å²) in [4.78, 5) is 14.1. The summed E-state index contributed by atoms with van der Waals surface area (Å²) < 4.78 is 1.73. The van der Waals surface area contributed by atoms with Crippen LogP contribution in [0.25, 0.3) is 11.2 Å². The summed E-state index contributed by atoms with van der Waals surface area (Å²) >= 11 is 12.5. The van der Waals surface area contributed by atoms with Crippen LogP contribution in [0.4, 0.5) is 5.82 Å². The number of aromatic nitrogens is 4. The summed E-state index contributed by atoms with van der Waals surface area (Å²) in [6, 6.07) is 7.26. The van der Waals surface area contributed by atoms with Gasteiger partial charge in [-0.05, 0) is 55.8 Å². The molecule has 0 radical (unpaired) electrons. The third-order valence-electron chi connectivity index (χ3n) is 7.12. The highest BCUT2D eigenvalue weighted by molar-refractivity contribution is 6.35. The average Bonchev–Trinajstić information content (AvgIpc) is 3.40. The molecule has 1 N–H and O–H groups in total. The number of nitriles is 1. The molecule has 0 spiro atoms. The number of benzene rings is 1.